The van der Waals surface area contributed by atoms with E-state index < -0.39 is 10.7 Å². The summed E-state index contributed by atoms with van der Waals surface area (Å²) in [5.41, 5.74) is 0.268. The number of aromatic nitrogens is 2. The second kappa shape index (κ2) is 7.05. The van der Waals surface area contributed by atoms with Gasteiger partial charge in [-0.05, 0) is 36.4 Å². The van der Waals surface area contributed by atoms with Crippen LogP contribution < -0.4 is 5.32 Å². The molecule has 0 atom stereocenters. The van der Waals surface area contributed by atoms with Gasteiger partial charge >= 0.3 is 5.69 Å². The zero-order valence-electron chi connectivity index (χ0n) is 12.2. The third kappa shape index (κ3) is 3.66. The summed E-state index contributed by atoms with van der Waals surface area (Å²) >= 11 is 1.18. The van der Waals surface area contributed by atoms with E-state index in [2.05, 4.69) is 15.3 Å². The first-order valence-corrected chi connectivity index (χ1v) is 7.70. The summed E-state index contributed by atoms with van der Waals surface area (Å²) < 4.78 is 13.0. The topological polar surface area (TPSA) is 81.0 Å². The van der Waals surface area contributed by atoms with Gasteiger partial charge in [-0.15, -0.1) is 0 Å². The summed E-state index contributed by atoms with van der Waals surface area (Å²) in [4.78, 5) is 19.8. The van der Waals surface area contributed by atoms with Crippen molar-refractivity contribution in [3.63, 3.8) is 0 Å². The van der Waals surface area contributed by atoms with E-state index in [-0.39, 0.29) is 16.5 Å². The number of nitrogens with zero attached hydrogens (tertiary/aromatic N) is 3. The molecule has 0 bridgehead atoms. The SMILES string of the molecule is O=[N+]([O-])c1c(Nc2ccc(F)cc2)ncnc1Sc1ccccc1. The molecule has 0 saturated carbocycles. The van der Waals surface area contributed by atoms with Gasteiger partial charge in [0.05, 0.1) is 4.92 Å². The van der Waals surface area contributed by atoms with Gasteiger partial charge in [0, 0.05) is 10.6 Å². The number of nitro groups is 1. The van der Waals surface area contributed by atoms with Crippen molar-refractivity contribution in [1.82, 2.24) is 9.97 Å². The minimum Gasteiger partial charge on any atom is -0.334 e. The summed E-state index contributed by atoms with van der Waals surface area (Å²) in [7, 11) is 0. The number of hydrogen-bond acceptors (Lipinski definition) is 6. The predicted octanol–water partition coefficient (Wildman–Crippen LogP) is 4.42. The molecule has 0 saturated heterocycles. The predicted molar refractivity (Wildman–Crippen MR) is 88.9 cm³/mol. The third-order valence-corrected chi connectivity index (χ3v) is 4.04. The average Bonchev–Trinajstić information content (AvgIpc) is 2.58. The van der Waals surface area contributed by atoms with Crippen molar-refractivity contribution in [3.05, 3.63) is 76.9 Å². The van der Waals surface area contributed by atoms with Crippen LogP contribution in [0.15, 0.2) is 70.8 Å². The Morgan fingerprint density at radius 1 is 1.04 bits per heavy atom. The summed E-state index contributed by atoms with van der Waals surface area (Å²) in [6.45, 7) is 0. The Morgan fingerprint density at radius 3 is 2.42 bits per heavy atom. The molecule has 1 heterocycles. The quantitative estimate of drug-likeness (QED) is 0.420. The normalized spacial score (nSPS) is 10.4. The van der Waals surface area contributed by atoms with Crippen LogP contribution in [0.2, 0.25) is 0 Å². The fourth-order valence-electron chi connectivity index (χ4n) is 1.96. The molecule has 0 aliphatic rings. The number of rotatable bonds is 5. The summed E-state index contributed by atoms with van der Waals surface area (Å²) in [5.74, 6) is -0.335. The van der Waals surface area contributed by atoms with Gasteiger partial charge in [-0.2, -0.15) is 0 Å². The first-order chi connectivity index (χ1) is 11.6. The van der Waals surface area contributed by atoms with Crippen LogP contribution in [-0.4, -0.2) is 14.9 Å². The molecule has 0 aliphatic carbocycles. The van der Waals surface area contributed by atoms with Crippen molar-refractivity contribution >= 4 is 29.0 Å². The van der Waals surface area contributed by atoms with E-state index >= 15 is 0 Å². The van der Waals surface area contributed by atoms with E-state index in [1.807, 2.05) is 30.3 Å². The molecule has 1 aromatic heterocycles. The lowest BCUT2D eigenvalue weighted by molar-refractivity contribution is -0.387. The number of nitrogens with one attached hydrogen (secondary N) is 1. The van der Waals surface area contributed by atoms with Crippen LogP contribution in [0.5, 0.6) is 0 Å². The van der Waals surface area contributed by atoms with Gasteiger partial charge in [0.15, 0.2) is 5.03 Å². The van der Waals surface area contributed by atoms with Crippen LogP contribution in [0, 0.1) is 15.9 Å². The minimum atomic E-state index is -0.531. The largest absolute Gasteiger partial charge is 0.343 e. The van der Waals surface area contributed by atoms with Gasteiger partial charge in [0.2, 0.25) is 5.82 Å². The zero-order chi connectivity index (χ0) is 16.9. The van der Waals surface area contributed by atoms with Gasteiger partial charge < -0.3 is 5.32 Å². The van der Waals surface area contributed by atoms with Gasteiger partial charge in [0.25, 0.3) is 0 Å². The van der Waals surface area contributed by atoms with Crippen LogP contribution in [0.25, 0.3) is 0 Å². The van der Waals surface area contributed by atoms with Crippen molar-refractivity contribution in [2.75, 3.05) is 5.32 Å². The monoisotopic (exact) mass is 342 g/mol. The molecule has 0 amide bonds. The van der Waals surface area contributed by atoms with E-state index in [1.54, 1.807) is 0 Å². The van der Waals surface area contributed by atoms with E-state index in [0.717, 1.165) is 4.90 Å². The Balaban J connectivity index is 1.96. The van der Waals surface area contributed by atoms with Gasteiger partial charge in [-0.25, -0.2) is 14.4 Å². The molecule has 24 heavy (non-hydrogen) atoms. The minimum absolute atomic E-state index is 0.0556. The molecule has 1 N–H and O–H groups in total. The standard InChI is InChI=1S/C16H11FN4O2S/c17-11-6-8-12(9-7-11)20-15-14(21(22)23)16(19-10-18-15)24-13-4-2-1-3-5-13/h1-10H,(H,18,19,20). The summed E-state index contributed by atoms with van der Waals surface area (Å²) in [6, 6.07) is 14.7. The number of anilines is 2. The fourth-order valence-corrected chi connectivity index (χ4v) is 2.85. The third-order valence-electron chi connectivity index (χ3n) is 3.04. The van der Waals surface area contributed by atoms with E-state index in [4.69, 9.17) is 0 Å². The summed E-state index contributed by atoms with van der Waals surface area (Å²) in [6.07, 6.45) is 1.25. The van der Waals surface area contributed by atoms with E-state index in [1.165, 1.54) is 42.4 Å². The molecule has 0 fully saturated rings. The van der Waals surface area contributed by atoms with Crippen LogP contribution in [-0.2, 0) is 0 Å². The maximum absolute atomic E-state index is 13.0. The molecule has 3 rings (SSSR count). The molecule has 0 spiro atoms. The second-order valence-corrected chi connectivity index (χ2v) is 5.74. The molecule has 0 aliphatic heterocycles. The van der Waals surface area contributed by atoms with Crippen molar-refractivity contribution < 1.29 is 9.31 Å². The molecule has 3 aromatic rings. The lowest BCUT2D eigenvalue weighted by Gasteiger charge is -2.08. The van der Waals surface area contributed by atoms with E-state index in [0.29, 0.717) is 5.69 Å². The maximum atomic E-state index is 13.0. The first kappa shape index (κ1) is 15.9. The van der Waals surface area contributed by atoms with E-state index in [9.17, 15) is 14.5 Å². The first-order valence-electron chi connectivity index (χ1n) is 6.88. The highest BCUT2D eigenvalue weighted by Gasteiger charge is 2.23. The molecule has 6 nitrogen and oxygen atoms in total. The van der Waals surface area contributed by atoms with Crippen LogP contribution >= 0.6 is 11.8 Å². The average molecular weight is 342 g/mol. The van der Waals surface area contributed by atoms with Crippen molar-refractivity contribution in [3.8, 4) is 0 Å². The highest BCUT2D eigenvalue weighted by Crippen LogP contribution is 2.37. The van der Waals surface area contributed by atoms with Crippen LogP contribution in [0.3, 0.4) is 0 Å². The molecular weight excluding hydrogens is 331 g/mol. The summed E-state index contributed by atoms with van der Waals surface area (Å²) in [5, 5.41) is 14.6. The Labute approximate surface area is 140 Å². The zero-order valence-corrected chi connectivity index (χ0v) is 13.0. The van der Waals surface area contributed by atoms with Crippen molar-refractivity contribution in [2.24, 2.45) is 0 Å². The fraction of sp³-hybridized carbons (Fsp3) is 0. The molecular formula is C16H11FN4O2S. The number of benzene rings is 2. The maximum Gasteiger partial charge on any atom is 0.343 e. The Hall–Kier alpha value is -3.00. The lowest BCUT2D eigenvalue weighted by Crippen LogP contribution is -2.02. The number of hydrogen-bond donors (Lipinski definition) is 1. The lowest BCUT2D eigenvalue weighted by atomic mass is 10.3. The van der Waals surface area contributed by atoms with Crippen LogP contribution in [0.4, 0.5) is 21.6 Å². The Bertz CT molecular complexity index is 860. The smallest absolute Gasteiger partial charge is 0.334 e. The molecule has 0 unspecified atom stereocenters. The highest BCUT2D eigenvalue weighted by atomic mass is 32.2. The second-order valence-electron chi connectivity index (χ2n) is 4.68. The van der Waals surface area contributed by atoms with Gasteiger partial charge in [0.1, 0.15) is 12.1 Å². The van der Waals surface area contributed by atoms with Gasteiger partial charge in [-0.1, -0.05) is 30.0 Å². The Kier molecular flexibility index (Phi) is 4.66. The molecule has 2 aromatic carbocycles. The van der Waals surface area contributed by atoms with Crippen molar-refractivity contribution in [1.29, 1.82) is 0 Å². The highest BCUT2D eigenvalue weighted by molar-refractivity contribution is 7.99. The number of halogens is 1. The molecule has 8 heteroatoms. The van der Waals surface area contributed by atoms with Crippen molar-refractivity contribution in [2.45, 2.75) is 9.92 Å². The Morgan fingerprint density at radius 2 is 1.75 bits per heavy atom. The van der Waals surface area contributed by atoms with Gasteiger partial charge in [-0.3, -0.25) is 10.1 Å². The molecule has 120 valence electrons. The molecule has 0 radical (unpaired) electrons. The van der Waals surface area contributed by atoms with Crippen LogP contribution in [0.1, 0.15) is 0 Å².